The first-order valence-corrected chi connectivity index (χ1v) is 6.08. The van der Waals surface area contributed by atoms with Crippen LogP contribution in [0.15, 0.2) is 4.79 Å². The SMILES string of the molecule is CC(C)(C)c1nnc2sc(CC(=O)O)nn2c1=O. The van der Waals surface area contributed by atoms with Crippen molar-refractivity contribution in [2.45, 2.75) is 32.6 Å². The van der Waals surface area contributed by atoms with Crippen molar-refractivity contribution in [2.75, 3.05) is 0 Å². The second kappa shape index (κ2) is 4.13. The van der Waals surface area contributed by atoms with Crippen LogP contribution in [0, 0.1) is 0 Å². The smallest absolute Gasteiger partial charge is 0.310 e. The number of nitrogens with zero attached hydrogens (tertiary/aromatic N) is 4. The molecule has 2 aromatic rings. The summed E-state index contributed by atoms with van der Waals surface area (Å²) in [6, 6.07) is 0. The summed E-state index contributed by atoms with van der Waals surface area (Å²) < 4.78 is 1.12. The molecule has 0 fully saturated rings. The average Bonchev–Trinajstić information content (AvgIpc) is 2.58. The molecule has 0 saturated heterocycles. The maximum absolute atomic E-state index is 12.1. The molecule has 0 aliphatic carbocycles. The molecule has 7 nitrogen and oxygen atoms in total. The van der Waals surface area contributed by atoms with E-state index in [0.717, 1.165) is 15.9 Å². The van der Waals surface area contributed by atoms with Crippen molar-refractivity contribution in [1.82, 2.24) is 19.8 Å². The Balaban J connectivity index is 2.61. The molecule has 0 saturated carbocycles. The topological polar surface area (TPSA) is 97.4 Å². The third-order valence-electron chi connectivity index (χ3n) is 2.25. The number of hydrogen-bond donors (Lipinski definition) is 1. The summed E-state index contributed by atoms with van der Waals surface area (Å²) in [4.78, 5) is 23.0. The van der Waals surface area contributed by atoms with Gasteiger partial charge in [-0.05, 0) is 0 Å². The van der Waals surface area contributed by atoms with Gasteiger partial charge in [0.15, 0.2) is 0 Å². The molecule has 0 aliphatic heterocycles. The van der Waals surface area contributed by atoms with Gasteiger partial charge in [0.25, 0.3) is 5.56 Å². The van der Waals surface area contributed by atoms with Gasteiger partial charge in [0.05, 0.1) is 6.42 Å². The van der Waals surface area contributed by atoms with Crippen LogP contribution in [0.3, 0.4) is 0 Å². The van der Waals surface area contributed by atoms with Crippen LogP contribution in [0.1, 0.15) is 31.5 Å². The lowest BCUT2D eigenvalue weighted by molar-refractivity contribution is -0.136. The first-order chi connectivity index (χ1) is 8.29. The predicted molar refractivity (Wildman–Crippen MR) is 65.0 cm³/mol. The number of carboxylic acid groups (broad SMARTS) is 1. The van der Waals surface area contributed by atoms with E-state index < -0.39 is 11.4 Å². The van der Waals surface area contributed by atoms with Gasteiger partial charge in [-0.1, -0.05) is 32.1 Å². The van der Waals surface area contributed by atoms with Crippen molar-refractivity contribution in [1.29, 1.82) is 0 Å². The highest BCUT2D eigenvalue weighted by Gasteiger charge is 2.23. The Hall–Kier alpha value is -1.83. The summed E-state index contributed by atoms with van der Waals surface area (Å²) >= 11 is 1.06. The summed E-state index contributed by atoms with van der Waals surface area (Å²) in [7, 11) is 0. The molecule has 96 valence electrons. The van der Waals surface area contributed by atoms with Crippen LogP contribution >= 0.6 is 11.3 Å². The Morgan fingerprint density at radius 2 is 2.06 bits per heavy atom. The molecule has 0 bridgehead atoms. The highest BCUT2D eigenvalue weighted by molar-refractivity contribution is 7.16. The number of aromatic nitrogens is 4. The van der Waals surface area contributed by atoms with Crippen LogP contribution in [0.5, 0.6) is 0 Å². The standard InChI is InChI=1S/C10H12N4O3S/c1-10(2,3)7-8(17)14-9(12-11-7)18-5(13-14)4-6(15)16/h4H2,1-3H3,(H,15,16). The molecule has 2 heterocycles. The van der Waals surface area contributed by atoms with Gasteiger partial charge in [-0.15, -0.1) is 10.2 Å². The Morgan fingerprint density at radius 1 is 1.39 bits per heavy atom. The summed E-state index contributed by atoms with van der Waals surface area (Å²) in [5, 5.41) is 20.8. The third-order valence-corrected chi connectivity index (χ3v) is 3.14. The van der Waals surface area contributed by atoms with E-state index in [4.69, 9.17) is 5.11 Å². The number of hydrogen-bond acceptors (Lipinski definition) is 6. The van der Waals surface area contributed by atoms with E-state index in [0.29, 0.717) is 15.7 Å². The zero-order chi connectivity index (χ0) is 13.5. The molecule has 0 spiro atoms. The number of carboxylic acids is 1. The molecule has 8 heteroatoms. The number of carbonyl (C=O) groups is 1. The van der Waals surface area contributed by atoms with Crippen LogP contribution < -0.4 is 5.56 Å². The fourth-order valence-electron chi connectivity index (χ4n) is 1.43. The fraction of sp³-hybridized carbons (Fsp3) is 0.500. The minimum Gasteiger partial charge on any atom is -0.481 e. The number of rotatable bonds is 2. The van der Waals surface area contributed by atoms with Gasteiger partial charge in [0.1, 0.15) is 10.7 Å². The van der Waals surface area contributed by atoms with E-state index in [1.54, 1.807) is 0 Å². The fourth-order valence-corrected chi connectivity index (χ4v) is 2.25. The lowest BCUT2D eigenvalue weighted by Crippen LogP contribution is -2.30. The number of fused-ring (bicyclic) bond motifs is 1. The highest BCUT2D eigenvalue weighted by atomic mass is 32.1. The zero-order valence-electron chi connectivity index (χ0n) is 10.2. The van der Waals surface area contributed by atoms with Crippen molar-refractivity contribution in [3.63, 3.8) is 0 Å². The normalized spacial score (nSPS) is 11.9. The molecule has 0 aromatic carbocycles. The van der Waals surface area contributed by atoms with E-state index in [-0.39, 0.29) is 12.0 Å². The van der Waals surface area contributed by atoms with Gasteiger partial charge in [-0.2, -0.15) is 9.61 Å². The van der Waals surface area contributed by atoms with Crippen LogP contribution in [0.2, 0.25) is 0 Å². The molecule has 0 unspecified atom stereocenters. The minimum absolute atomic E-state index is 0.224. The third kappa shape index (κ3) is 2.23. The van der Waals surface area contributed by atoms with E-state index in [1.807, 2.05) is 20.8 Å². The van der Waals surface area contributed by atoms with E-state index >= 15 is 0 Å². The summed E-state index contributed by atoms with van der Waals surface area (Å²) in [6.45, 7) is 5.57. The Morgan fingerprint density at radius 3 is 2.61 bits per heavy atom. The number of aliphatic carboxylic acids is 1. The highest BCUT2D eigenvalue weighted by Crippen LogP contribution is 2.17. The largest absolute Gasteiger partial charge is 0.481 e. The van der Waals surface area contributed by atoms with Gasteiger partial charge < -0.3 is 5.11 Å². The molecule has 1 N–H and O–H groups in total. The first-order valence-electron chi connectivity index (χ1n) is 5.27. The summed E-state index contributed by atoms with van der Waals surface area (Å²) in [5.41, 5.74) is -0.463. The van der Waals surface area contributed by atoms with Gasteiger partial charge >= 0.3 is 5.97 Å². The second-order valence-corrected chi connectivity index (χ2v) is 5.90. The lowest BCUT2D eigenvalue weighted by atomic mass is 9.93. The van der Waals surface area contributed by atoms with Crippen molar-refractivity contribution in [2.24, 2.45) is 0 Å². The molecule has 0 aliphatic rings. The zero-order valence-corrected chi connectivity index (χ0v) is 11.0. The van der Waals surface area contributed by atoms with Crippen molar-refractivity contribution in [3.05, 3.63) is 21.1 Å². The Bertz CT molecular complexity index is 668. The molecule has 2 aromatic heterocycles. The van der Waals surface area contributed by atoms with Crippen LogP contribution in [-0.2, 0) is 16.6 Å². The van der Waals surface area contributed by atoms with Crippen molar-refractivity contribution < 1.29 is 9.90 Å². The maximum atomic E-state index is 12.1. The van der Waals surface area contributed by atoms with Crippen LogP contribution in [0.25, 0.3) is 4.96 Å². The average molecular weight is 268 g/mol. The van der Waals surface area contributed by atoms with Gasteiger partial charge in [0.2, 0.25) is 4.96 Å². The van der Waals surface area contributed by atoms with Crippen molar-refractivity contribution in [3.8, 4) is 0 Å². The van der Waals surface area contributed by atoms with Gasteiger partial charge in [0, 0.05) is 5.41 Å². The molecular weight excluding hydrogens is 256 g/mol. The summed E-state index contributed by atoms with van der Waals surface area (Å²) in [5.74, 6) is -0.994. The molecule has 2 rings (SSSR count). The van der Waals surface area contributed by atoms with Crippen LogP contribution in [0.4, 0.5) is 0 Å². The first kappa shape index (κ1) is 12.6. The second-order valence-electron chi connectivity index (χ2n) is 4.86. The molecular formula is C10H12N4O3S. The van der Waals surface area contributed by atoms with Gasteiger partial charge in [-0.3, -0.25) is 9.59 Å². The maximum Gasteiger partial charge on any atom is 0.310 e. The van der Waals surface area contributed by atoms with E-state index in [2.05, 4.69) is 15.3 Å². The van der Waals surface area contributed by atoms with Crippen molar-refractivity contribution >= 4 is 22.3 Å². The monoisotopic (exact) mass is 268 g/mol. The van der Waals surface area contributed by atoms with Gasteiger partial charge in [-0.25, -0.2) is 0 Å². The Kier molecular flexibility index (Phi) is 2.89. The molecule has 0 amide bonds. The van der Waals surface area contributed by atoms with Crippen LogP contribution in [-0.4, -0.2) is 30.9 Å². The van der Waals surface area contributed by atoms with E-state index in [1.165, 1.54) is 0 Å². The quantitative estimate of drug-likeness (QED) is 0.850. The molecule has 18 heavy (non-hydrogen) atoms. The molecule has 0 radical (unpaired) electrons. The molecule has 0 atom stereocenters. The predicted octanol–water partition coefficient (Wildman–Crippen LogP) is 0.471. The van der Waals surface area contributed by atoms with E-state index in [9.17, 15) is 9.59 Å². The summed E-state index contributed by atoms with van der Waals surface area (Å²) in [6.07, 6.45) is -0.224. The lowest BCUT2D eigenvalue weighted by Gasteiger charge is -2.14. The minimum atomic E-state index is -0.994. The Labute approximate surface area is 106 Å².